The molecule has 1 aromatic carbocycles. The van der Waals surface area contributed by atoms with Gasteiger partial charge in [-0.1, -0.05) is 29.2 Å². The van der Waals surface area contributed by atoms with Crippen molar-refractivity contribution in [2.24, 2.45) is 0 Å². The van der Waals surface area contributed by atoms with Crippen molar-refractivity contribution < 1.29 is 9.53 Å². The number of thiazole rings is 1. The predicted octanol–water partition coefficient (Wildman–Crippen LogP) is 2.96. The van der Waals surface area contributed by atoms with Crippen molar-refractivity contribution >= 4 is 44.4 Å². The van der Waals surface area contributed by atoms with Gasteiger partial charge in [-0.25, -0.2) is 4.98 Å². The number of carbonyl (C=O) groups is 1. The molecule has 7 nitrogen and oxygen atoms in total. The minimum absolute atomic E-state index is 0.104. The Kier molecular flexibility index (Phi) is 6.00. The van der Waals surface area contributed by atoms with Crippen molar-refractivity contribution in [3.8, 4) is 0 Å². The average Bonchev–Trinajstić information content (AvgIpc) is 3.19. The number of anilines is 1. The number of nitrogens with one attached hydrogen (secondary N) is 1. The SMILES string of the molecule is COCCCn1cnnc1SCC(=O)Nc1nc2ccc(C)cc2s1. The Morgan fingerprint density at radius 1 is 1.44 bits per heavy atom. The lowest BCUT2D eigenvalue weighted by Crippen LogP contribution is -2.14. The number of fused-ring (bicyclic) bond motifs is 1. The summed E-state index contributed by atoms with van der Waals surface area (Å²) in [6, 6.07) is 6.05. The number of hydrogen-bond donors (Lipinski definition) is 1. The molecule has 0 radical (unpaired) electrons. The van der Waals surface area contributed by atoms with Gasteiger partial charge in [0.15, 0.2) is 10.3 Å². The van der Waals surface area contributed by atoms with Crippen LogP contribution >= 0.6 is 23.1 Å². The van der Waals surface area contributed by atoms with Crippen LogP contribution in [0.4, 0.5) is 5.13 Å². The number of rotatable bonds is 8. The van der Waals surface area contributed by atoms with Crippen molar-refractivity contribution in [1.29, 1.82) is 0 Å². The summed E-state index contributed by atoms with van der Waals surface area (Å²) >= 11 is 2.84. The van der Waals surface area contributed by atoms with Gasteiger partial charge in [-0.15, -0.1) is 10.2 Å². The van der Waals surface area contributed by atoms with E-state index < -0.39 is 0 Å². The second kappa shape index (κ2) is 8.41. The zero-order chi connectivity index (χ0) is 17.6. The molecular formula is C16H19N5O2S2. The maximum Gasteiger partial charge on any atom is 0.236 e. The third-order valence-electron chi connectivity index (χ3n) is 3.45. The standard InChI is InChI=1S/C16H19N5O2S2/c1-11-4-5-12-13(8-11)25-15(18-12)19-14(22)9-24-16-20-17-10-21(16)6-3-7-23-2/h4-5,8,10H,3,6-7,9H2,1-2H3,(H,18,19,22). The molecule has 1 amide bonds. The second-order valence-electron chi connectivity index (χ2n) is 5.48. The van der Waals surface area contributed by atoms with E-state index in [4.69, 9.17) is 4.74 Å². The van der Waals surface area contributed by atoms with Gasteiger partial charge in [0.2, 0.25) is 5.91 Å². The Labute approximate surface area is 153 Å². The van der Waals surface area contributed by atoms with Crippen LogP contribution in [-0.2, 0) is 16.1 Å². The lowest BCUT2D eigenvalue weighted by molar-refractivity contribution is -0.113. The highest BCUT2D eigenvalue weighted by atomic mass is 32.2. The van der Waals surface area contributed by atoms with E-state index in [-0.39, 0.29) is 11.7 Å². The highest BCUT2D eigenvalue weighted by Crippen LogP contribution is 2.27. The number of methoxy groups -OCH3 is 1. The van der Waals surface area contributed by atoms with Crippen molar-refractivity contribution in [1.82, 2.24) is 19.7 Å². The smallest absolute Gasteiger partial charge is 0.236 e. The average molecular weight is 377 g/mol. The molecule has 0 aliphatic carbocycles. The molecule has 0 bridgehead atoms. The maximum atomic E-state index is 12.2. The molecule has 25 heavy (non-hydrogen) atoms. The van der Waals surface area contributed by atoms with Crippen LogP contribution in [0.1, 0.15) is 12.0 Å². The first kappa shape index (κ1) is 17.8. The quantitative estimate of drug-likeness (QED) is 0.480. The van der Waals surface area contributed by atoms with E-state index in [1.807, 2.05) is 23.6 Å². The first-order valence-electron chi connectivity index (χ1n) is 7.82. The molecule has 0 spiro atoms. The topological polar surface area (TPSA) is 81.9 Å². The molecule has 2 aromatic heterocycles. The number of thioether (sulfide) groups is 1. The van der Waals surface area contributed by atoms with Crippen LogP contribution in [0.25, 0.3) is 10.2 Å². The van der Waals surface area contributed by atoms with E-state index in [0.29, 0.717) is 11.7 Å². The summed E-state index contributed by atoms with van der Waals surface area (Å²) in [6.07, 6.45) is 2.55. The zero-order valence-corrected chi connectivity index (χ0v) is 15.7. The molecule has 0 aliphatic heterocycles. The Bertz CT molecular complexity index is 861. The van der Waals surface area contributed by atoms with Gasteiger partial charge in [0, 0.05) is 20.3 Å². The summed E-state index contributed by atoms with van der Waals surface area (Å²) in [5.41, 5.74) is 2.08. The number of carbonyl (C=O) groups excluding carboxylic acids is 1. The van der Waals surface area contributed by atoms with Gasteiger partial charge in [0.1, 0.15) is 6.33 Å². The number of amides is 1. The molecular weight excluding hydrogens is 358 g/mol. The minimum atomic E-state index is -0.104. The first-order chi connectivity index (χ1) is 12.2. The van der Waals surface area contributed by atoms with Crippen LogP contribution in [-0.4, -0.2) is 45.1 Å². The molecule has 3 aromatic rings. The maximum absolute atomic E-state index is 12.2. The monoisotopic (exact) mass is 377 g/mol. The van der Waals surface area contributed by atoms with E-state index in [1.165, 1.54) is 28.7 Å². The van der Waals surface area contributed by atoms with Crippen molar-refractivity contribution in [2.45, 2.75) is 25.0 Å². The van der Waals surface area contributed by atoms with Gasteiger partial charge in [0.25, 0.3) is 0 Å². The Hall–Kier alpha value is -1.97. The van der Waals surface area contributed by atoms with Gasteiger partial charge in [0.05, 0.1) is 16.0 Å². The highest BCUT2D eigenvalue weighted by Gasteiger charge is 2.11. The van der Waals surface area contributed by atoms with Crippen LogP contribution in [0.5, 0.6) is 0 Å². The first-order valence-corrected chi connectivity index (χ1v) is 9.62. The third kappa shape index (κ3) is 4.77. The lowest BCUT2D eigenvalue weighted by atomic mass is 10.2. The molecule has 0 aliphatic rings. The van der Waals surface area contributed by atoms with E-state index in [0.717, 1.165) is 28.3 Å². The third-order valence-corrected chi connectivity index (χ3v) is 5.36. The molecule has 3 rings (SSSR count). The zero-order valence-electron chi connectivity index (χ0n) is 14.1. The largest absolute Gasteiger partial charge is 0.385 e. The normalized spacial score (nSPS) is 11.1. The summed E-state index contributed by atoms with van der Waals surface area (Å²) < 4.78 is 8.04. The van der Waals surface area contributed by atoms with E-state index in [1.54, 1.807) is 13.4 Å². The fourth-order valence-electron chi connectivity index (χ4n) is 2.26. The van der Waals surface area contributed by atoms with Gasteiger partial charge in [-0.05, 0) is 31.0 Å². The lowest BCUT2D eigenvalue weighted by Gasteiger charge is -2.05. The molecule has 0 fully saturated rings. The Balaban J connectivity index is 1.55. The number of hydrogen-bond acceptors (Lipinski definition) is 7. The summed E-state index contributed by atoms with van der Waals surface area (Å²) in [5.74, 6) is 0.157. The molecule has 9 heteroatoms. The van der Waals surface area contributed by atoms with Gasteiger partial charge in [-0.3, -0.25) is 4.79 Å². The van der Waals surface area contributed by atoms with E-state index in [2.05, 4.69) is 26.6 Å². The molecule has 0 saturated carbocycles. The molecule has 0 unspecified atom stereocenters. The summed E-state index contributed by atoms with van der Waals surface area (Å²) in [4.78, 5) is 16.6. The second-order valence-corrected chi connectivity index (χ2v) is 7.45. The highest BCUT2D eigenvalue weighted by molar-refractivity contribution is 7.99. The number of benzene rings is 1. The molecule has 2 heterocycles. The van der Waals surface area contributed by atoms with E-state index >= 15 is 0 Å². The number of nitrogens with zero attached hydrogens (tertiary/aromatic N) is 4. The fourth-order valence-corrected chi connectivity index (χ4v) is 3.98. The minimum Gasteiger partial charge on any atom is -0.385 e. The van der Waals surface area contributed by atoms with Crippen molar-refractivity contribution in [3.63, 3.8) is 0 Å². The molecule has 1 N–H and O–H groups in total. The molecule has 132 valence electrons. The molecule has 0 saturated heterocycles. The van der Waals surface area contributed by atoms with Crippen molar-refractivity contribution in [2.75, 3.05) is 24.8 Å². The van der Waals surface area contributed by atoms with Crippen LogP contribution in [0.2, 0.25) is 0 Å². The van der Waals surface area contributed by atoms with Gasteiger partial charge < -0.3 is 14.6 Å². The Morgan fingerprint density at radius 2 is 2.32 bits per heavy atom. The Morgan fingerprint density at radius 3 is 3.16 bits per heavy atom. The van der Waals surface area contributed by atoms with Crippen LogP contribution in [0.15, 0.2) is 29.7 Å². The van der Waals surface area contributed by atoms with Gasteiger partial charge in [-0.2, -0.15) is 0 Å². The van der Waals surface area contributed by atoms with E-state index in [9.17, 15) is 4.79 Å². The summed E-state index contributed by atoms with van der Waals surface area (Å²) in [6.45, 7) is 3.48. The van der Waals surface area contributed by atoms with Crippen LogP contribution in [0, 0.1) is 6.92 Å². The fraction of sp³-hybridized carbons (Fsp3) is 0.375. The van der Waals surface area contributed by atoms with Crippen LogP contribution < -0.4 is 5.32 Å². The van der Waals surface area contributed by atoms with Crippen LogP contribution in [0.3, 0.4) is 0 Å². The number of aryl methyl sites for hydroxylation is 2. The molecule has 0 atom stereocenters. The predicted molar refractivity (Wildman–Crippen MR) is 100 cm³/mol. The number of ether oxygens (including phenoxy) is 1. The summed E-state index contributed by atoms with van der Waals surface area (Å²) in [7, 11) is 1.68. The number of aromatic nitrogens is 4. The van der Waals surface area contributed by atoms with Crippen molar-refractivity contribution in [3.05, 3.63) is 30.1 Å². The summed E-state index contributed by atoms with van der Waals surface area (Å²) in [5, 5.41) is 12.2. The van der Waals surface area contributed by atoms with Gasteiger partial charge >= 0.3 is 0 Å².